The number of nitrogens with zero attached hydrogens (tertiary/aromatic N) is 1. The summed E-state index contributed by atoms with van der Waals surface area (Å²) in [4.78, 5) is 14.8. The smallest absolute Gasteiger partial charge is 0.318 e. The lowest BCUT2D eigenvalue weighted by molar-refractivity contribution is 0.160. The second-order valence-corrected chi connectivity index (χ2v) is 8.53. The predicted octanol–water partition coefficient (Wildman–Crippen LogP) is 4.36. The first-order valence-electron chi connectivity index (χ1n) is 10.5. The Hall–Kier alpha value is -2.69. The molecule has 5 heteroatoms. The van der Waals surface area contributed by atoms with Gasteiger partial charge < -0.3 is 19.7 Å². The van der Waals surface area contributed by atoms with Gasteiger partial charge in [0.25, 0.3) is 0 Å². The minimum Gasteiger partial charge on any atom is -0.486 e. The summed E-state index contributed by atoms with van der Waals surface area (Å²) >= 11 is 0. The topological polar surface area (TPSA) is 50.8 Å². The highest BCUT2D eigenvalue weighted by atomic mass is 16.6. The summed E-state index contributed by atoms with van der Waals surface area (Å²) in [6.07, 6.45) is 3.19. The number of likely N-dealkylation sites (tertiary alicyclic amines) is 1. The molecule has 29 heavy (non-hydrogen) atoms. The molecule has 1 fully saturated rings. The molecular formula is C24H30N2O3. The first kappa shape index (κ1) is 19.6. The van der Waals surface area contributed by atoms with Gasteiger partial charge in [-0.25, -0.2) is 4.79 Å². The molecule has 0 aliphatic carbocycles. The summed E-state index contributed by atoms with van der Waals surface area (Å²) < 4.78 is 11.3. The molecular weight excluding hydrogens is 364 g/mol. The van der Waals surface area contributed by atoms with E-state index in [4.69, 9.17) is 9.47 Å². The van der Waals surface area contributed by atoms with Crippen LogP contribution in [0, 0.1) is 5.92 Å². The van der Waals surface area contributed by atoms with E-state index in [0.29, 0.717) is 19.1 Å². The number of hydrogen-bond donors (Lipinski definition) is 1. The third-order valence-electron chi connectivity index (χ3n) is 5.95. The van der Waals surface area contributed by atoms with Crippen LogP contribution in [0.5, 0.6) is 11.5 Å². The van der Waals surface area contributed by atoms with Crippen molar-refractivity contribution in [1.82, 2.24) is 10.2 Å². The normalized spacial score (nSPS) is 17.1. The summed E-state index contributed by atoms with van der Waals surface area (Å²) in [6.45, 7) is 6.80. The van der Waals surface area contributed by atoms with Crippen LogP contribution in [-0.2, 0) is 12.0 Å². The molecule has 1 N–H and O–H groups in total. The first-order chi connectivity index (χ1) is 14.0. The summed E-state index contributed by atoms with van der Waals surface area (Å²) in [5.74, 6) is 2.16. The number of ether oxygens (including phenoxy) is 2. The highest BCUT2D eigenvalue weighted by Gasteiger charge is 2.29. The number of amides is 2. The average Bonchev–Trinajstić information content (AvgIpc) is 2.74. The molecule has 1 saturated heterocycles. The third-order valence-corrected chi connectivity index (χ3v) is 5.95. The van der Waals surface area contributed by atoms with E-state index in [1.54, 1.807) is 0 Å². The number of rotatable bonds is 4. The van der Waals surface area contributed by atoms with Crippen molar-refractivity contribution >= 4 is 6.03 Å². The van der Waals surface area contributed by atoms with Crippen LogP contribution in [0.15, 0.2) is 48.5 Å². The molecule has 4 rings (SSSR count). The summed E-state index contributed by atoms with van der Waals surface area (Å²) in [6, 6.07) is 16.5. The van der Waals surface area contributed by atoms with Gasteiger partial charge in [0.1, 0.15) is 13.2 Å². The minimum atomic E-state index is -0.492. The van der Waals surface area contributed by atoms with Gasteiger partial charge in [-0.1, -0.05) is 36.4 Å². The van der Waals surface area contributed by atoms with E-state index in [0.717, 1.165) is 49.4 Å². The zero-order chi connectivity index (χ0) is 20.3. The molecule has 154 valence electrons. The molecule has 0 unspecified atom stereocenters. The Morgan fingerprint density at radius 3 is 2.45 bits per heavy atom. The molecule has 0 radical (unpaired) electrons. The Bertz CT molecular complexity index is 842. The van der Waals surface area contributed by atoms with E-state index in [2.05, 4.69) is 35.6 Å². The zero-order valence-electron chi connectivity index (χ0n) is 17.3. The molecule has 0 atom stereocenters. The third kappa shape index (κ3) is 4.66. The summed E-state index contributed by atoms with van der Waals surface area (Å²) in [7, 11) is 0. The number of carbonyl (C=O) groups excluding carboxylic acids is 1. The second kappa shape index (κ2) is 8.36. The lowest BCUT2D eigenvalue weighted by Gasteiger charge is -2.36. The Morgan fingerprint density at radius 2 is 1.72 bits per heavy atom. The van der Waals surface area contributed by atoms with Gasteiger partial charge in [-0.3, -0.25) is 0 Å². The van der Waals surface area contributed by atoms with E-state index >= 15 is 0 Å². The fourth-order valence-electron chi connectivity index (χ4n) is 4.14. The van der Waals surface area contributed by atoms with Crippen LogP contribution in [0.3, 0.4) is 0 Å². The highest BCUT2D eigenvalue weighted by molar-refractivity contribution is 5.75. The summed E-state index contributed by atoms with van der Waals surface area (Å²) in [5, 5.41) is 3.20. The number of nitrogens with one attached hydrogen (secondary N) is 1. The molecule has 2 aromatic rings. The predicted molar refractivity (Wildman–Crippen MR) is 113 cm³/mol. The fraction of sp³-hybridized carbons (Fsp3) is 0.458. The van der Waals surface area contributed by atoms with Gasteiger partial charge >= 0.3 is 6.03 Å². The Labute approximate surface area is 173 Å². The molecule has 5 nitrogen and oxygen atoms in total. The largest absolute Gasteiger partial charge is 0.486 e. The molecule has 2 aliphatic heterocycles. The van der Waals surface area contributed by atoms with Gasteiger partial charge in [-0.15, -0.1) is 0 Å². The van der Waals surface area contributed by atoms with E-state index in [-0.39, 0.29) is 6.03 Å². The van der Waals surface area contributed by atoms with Crippen LogP contribution in [0.2, 0.25) is 0 Å². The van der Waals surface area contributed by atoms with Gasteiger partial charge in [-0.05, 0) is 62.3 Å². The van der Waals surface area contributed by atoms with Gasteiger partial charge in [-0.2, -0.15) is 0 Å². The highest BCUT2D eigenvalue weighted by Crippen LogP contribution is 2.34. The van der Waals surface area contributed by atoms with Crippen LogP contribution in [0.25, 0.3) is 0 Å². The zero-order valence-corrected chi connectivity index (χ0v) is 17.3. The van der Waals surface area contributed by atoms with Crippen LogP contribution >= 0.6 is 0 Å². The molecule has 0 bridgehead atoms. The monoisotopic (exact) mass is 394 g/mol. The Balaban J connectivity index is 1.33. The van der Waals surface area contributed by atoms with Gasteiger partial charge in [0.05, 0.1) is 5.54 Å². The number of urea groups is 1. The maximum atomic E-state index is 12.9. The maximum Gasteiger partial charge on any atom is 0.318 e. The second-order valence-electron chi connectivity index (χ2n) is 8.53. The van der Waals surface area contributed by atoms with Crippen molar-refractivity contribution in [2.24, 2.45) is 5.92 Å². The number of carbonyl (C=O) groups is 1. The molecule has 2 aliphatic rings. The van der Waals surface area contributed by atoms with Crippen molar-refractivity contribution in [2.45, 2.75) is 38.6 Å². The van der Waals surface area contributed by atoms with E-state index in [9.17, 15) is 4.79 Å². The molecule has 0 saturated carbocycles. The van der Waals surface area contributed by atoms with Crippen LogP contribution in [0.4, 0.5) is 4.79 Å². The van der Waals surface area contributed by atoms with Crippen molar-refractivity contribution in [1.29, 1.82) is 0 Å². The molecule has 2 heterocycles. The molecule has 0 spiro atoms. The molecule has 0 aromatic heterocycles. The SMILES string of the molecule is CC(C)(NC(=O)N1CCC(Cc2ccccc2)CC1)c1ccc2c(c1)OCCO2. The van der Waals surface area contributed by atoms with Crippen LogP contribution in [-0.4, -0.2) is 37.2 Å². The van der Waals surface area contributed by atoms with Crippen molar-refractivity contribution in [3.05, 3.63) is 59.7 Å². The van der Waals surface area contributed by atoms with Crippen LogP contribution in [0.1, 0.15) is 37.8 Å². The lowest BCUT2D eigenvalue weighted by Crippen LogP contribution is -2.50. The quantitative estimate of drug-likeness (QED) is 0.838. The number of piperidine rings is 1. The van der Waals surface area contributed by atoms with E-state index in [1.807, 2.05) is 36.9 Å². The van der Waals surface area contributed by atoms with Crippen molar-refractivity contribution in [3.8, 4) is 11.5 Å². The average molecular weight is 395 g/mol. The van der Waals surface area contributed by atoms with E-state index in [1.165, 1.54) is 5.56 Å². The van der Waals surface area contributed by atoms with Gasteiger partial charge in [0, 0.05) is 13.1 Å². The standard InChI is InChI=1S/C24H30N2O3/c1-24(2,20-8-9-21-22(17-20)29-15-14-28-21)25-23(27)26-12-10-19(11-13-26)16-18-6-4-3-5-7-18/h3-9,17,19H,10-16H2,1-2H3,(H,25,27). The maximum absolute atomic E-state index is 12.9. The lowest BCUT2D eigenvalue weighted by atomic mass is 9.90. The fourth-order valence-corrected chi connectivity index (χ4v) is 4.14. The number of benzene rings is 2. The molecule has 2 aromatic carbocycles. The Kier molecular flexibility index (Phi) is 5.65. The number of fused-ring (bicyclic) bond motifs is 1. The van der Waals surface area contributed by atoms with Crippen molar-refractivity contribution < 1.29 is 14.3 Å². The summed E-state index contributed by atoms with van der Waals surface area (Å²) in [5.41, 5.74) is 1.90. The molecule has 2 amide bonds. The first-order valence-corrected chi connectivity index (χ1v) is 10.5. The van der Waals surface area contributed by atoms with Crippen molar-refractivity contribution in [3.63, 3.8) is 0 Å². The van der Waals surface area contributed by atoms with Crippen molar-refractivity contribution in [2.75, 3.05) is 26.3 Å². The van der Waals surface area contributed by atoms with Gasteiger partial charge in [0.2, 0.25) is 0 Å². The van der Waals surface area contributed by atoms with Gasteiger partial charge in [0.15, 0.2) is 11.5 Å². The van der Waals surface area contributed by atoms with E-state index < -0.39 is 5.54 Å². The number of hydrogen-bond acceptors (Lipinski definition) is 3. The minimum absolute atomic E-state index is 0.00282. The Morgan fingerprint density at radius 1 is 1.03 bits per heavy atom. The van der Waals surface area contributed by atoms with Crippen LogP contribution < -0.4 is 14.8 Å².